The zero-order valence-corrected chi connectivity index (χ0v) is 11.2. The summed E-state index contributed by atoms with van der Waals surface area (Å²) in [6.45, 7) is 8.38. The van der Waals surface area contributed by atoms with Crippen LogP contribution >= 0.6 is 22.6 Å². The molecule has 1 rings (SSSR count). The SMILES string of the molecule is CCC(C)Nc1nc(I)nc(C)c1C. The number of rotatable bonds is 3. The molecule has 0 saturated carbocycles. The van der Waals surface area contributed by atoms with E-state index in [1.807, 2.05) is 6.92 Å². The Balaban J connectivity index is 2.96. The zero-order chi connectivity index (χ0) is 10.7. The predicted octanol–water partition coefficient (Wildman–Crippen LogP) is 2.91. The lowest BCUT2D eigenvalue weighted by molar-refractivity contribution is 0.755. The number of anilines is 1. The smallest absolute Gasteiger partial charge is 0.192 e. The molecule has 0 saturated heterocycles. The lowest BCUT2D eigenvalue weighted by atomic mass is 10.2. The maximum atomic E-state index is 4.39. The summed E-state index contributed by atoms with van der Waals surface area (Å²) < 4.78 is 0.802. The Morgan fingerprint density at radius 1 is 1.36 bits per heavy atom. The Morgan fingerprint density at radius 2 is 2.00 bits per heavy atom. The van der Waals surface area contributed by atoms with Gasteiger partial charge in [0.1, 0.15) is 5.82 Å². The standard InChI is InChI=1S/C10H16IN3/c1-5-6(2)12-9-7(3)8(4)13-10(11)14-9/h6H,5H2,1-4H3,(H,12,13,14). The van der Waals surface area contributed by atoms with Crippen LogP contribution in [0.2, 0.25) is 0 Å². The summed E-state index contributed by atoms with van der Waals surface area (Å²) in [5, 5.41) is 3.39. The highest BCUT2D eigenvalue weighted by atomic mass is 127. The summed E-state index contributed by atoms with van der Waals surface area (Å²) in [4.78, 5) is 8.69. The minimum atomic E-state index is 0.457. The van der Waals surface area contributed by atoms with Gasteiger partial charge in [-0.2, -0.15) is 0 Å². The van der Waals surface area contributed by atoms with Crippen molar-refractivity contribution in [2.24, 2.45) is 0 Å². The maximum Gasteiger partial charge on any atom is 0.192 e. The number of halogens is 1. The molecule has 0 aromatic carbocycles. The Labute approximate surface area is 98.9 Å². The van der Waals surface area contributed by atoms with E-state index in [1.165, 1.54) is 0 Å². The van der Waals surface area contributed by atoms with Crippen LogP contribution in [0.3, 0.4) is 0 Å². The molecule has 0 aliphatic heterocycles. The van der Waals surface area contributed by atoms with Gasteiger partial charge in [0.05, 0.1) is 0 Å². The monoisotopic (exact) mass is 305 g/mol. The highest BCUT2D eigenvalue weighted by molar-refractivity contribution is 14.1. The molecule has 1 unspecified atom stereocenters. The van der Waals surface area contributed by atoms with Crippen LogP contribution in [-0.2, 0) is 0 Å². The number of hydrogen-bond acceptors (Lipinski definition) is 3. The first-order chi connectivity index (χ1) is 6.54. The Hall–Kier alpha value is -0.390. The summed E-state index contributed by atoms with van der Waals surface area (Å²) in [6.07, 6.45) is 1.10. The van der Waals surface area contributed by atoms with Gasteiger partial charge < -0.3 is 5.32 Å². The van der Waals surface area contributed by atoms with Crippen LogP contribution in [0.15, 0.2) is 0 Å². The molecule has 78 valence electrons. The maximum absolute atomic E-state index is 4.39. The van der Waals surface area contributed by atoms with Gasteiger partial charge in [0, 0.05) is 39.9 Å². The minimum Gasteiger partial charge on any atom is -0.367 e. The molecule has 1 N–H and O–H groups in total. The van der Waals surface area contributed by atoms with E-state index in [9.17, 15) is 0 Å². The quantitative estimate of drug-likeness (QED) is 0.689. The van der Waals surface area contributed by atoms with Crippen LogP contribution in [0.5, 0.6) is 0 Å². The number of nitrogens with one attached hydrogen (secondary N) is 1. The Bertz CT molecular complexity index is 325. The molecule has 1 aromatic rings. The van der Waals surface area contributed by atoms with Gasteiger partial charge in [-0.05, 0) is 27.2 Å². The van der Waals surface area contributed by atoms with Crippen LogP contribution in [0.4, 0.5) is 5.82 Å². The van der Waals surface area contributed by atoms with E-state index >= 15 is 0 Å². The molecule has 3 nitrogen and oxygen atoms in total. The van der Waals surface area contributed by atoms with Crippen molar-refractivity contribution in [3.63, 3.8) is 0 Å². The highest BCUT2D eigenvalue weighted by Crippen LogP contribution is 2.16. The lowest BCUT2D eigenvalue weighted by Crippen LogP contribution is -2.16. The molecule has 1 aromatic heterocycles. The van der Waals surface area contributed by atoms with Crippen molar-refractivity contribution in [3.05, 3.63) is 15.1 Å². The molecule has 0 aliphatic carbocycles. The second kappa shape index (κ2) is 4.91. The van der Waals surface area contributed by atoms with Crippen LogP contribution in [0.25, 0.3) is 0 Å². The largest absolute Gasteiger partial charge is 0.367 e. The van der Waals surface area contributed by atoms with Crippen LogP contribution < -0.4 is 5.32 Å². The first kappa shape index (κ1) is 11.7. The first-order valence-electron chi connectivity index (χ1n) is 4.81. The van der Waals surface area contributed by atoms with Crippen molar-refractivity contribution in [2.75, 3.05) is 5.32 Å². The fraction of sp³-hybridized carbons (Fsp3) is 0.600. The predicted molar refractivity (Wildman–Crippen MR) is 67.6 cm³/mol. The van der Waals surface area contributed by atoms with E-state index in [-0.39, 0.29) is 0 Å². The molecule has 0 amide bonds. The average molecular weight is 305 g/mol. The molecule has 14 heavy (non-hydrogen) atoms. The Kier molecular flexibility index (Phi) is 4.10. The van der Waals surface area contributed by atoms with Gasteiger partial charge in [0.25, 0.3) is 0 Å². The minimum absolute atomic E-state index is 0.457. The van der Waals surface area contributed by atoms with Crippen molar-refractivity contribution in [1.29, 1.82) is 0 Å². The third-order valence-corrected chi connectivity index (χ3v) is 2.84. The van der Waals surface area contributed by atoms with Crippen molar-refractivity contribution in [2.45, 2.75) is 40.2 Å². The van der Waals surface area contributed by atoms with Crippen molar-refractivity contribution in [1.82, 2.24) is 9.97 Å². The van der Waals surface area contributed by atoms with Gasteiger partial charge in [-0.25, -0.2) is 9.97 Å². The zero-order valence-electron chi connectivity index (χ0n) is 9.06. The van der Waals surface area contributed by atoms with E-state index < -0.39 is 0 Å². The van der Waals surface area contributed by atoms with Gasteiger partial charge in [-0.3, -0.25) is 0 Å². The van der Waals surface area contributed by atoms with Crippen LogP contribution in [0.1, 0.15) is 31.5 Å². The van der Waals surface area contributed by atoms with Crippen molar-refractivity contribution >= 4 is 28.4 Å². The topological polar surface area (TPSA) is 37.8 Å². The highest BCUT2D eigenvalue weighted by Gasteiger charge is 2.07. The van der Waals surface area contributed by atoms with Gasteiger partial charge in [-0.1, -0.05) is 6.92 Å². The Morgan fingerprint density at radius 3 is 2.57 bits per heavy atom. The fourth-order valence-corrected chi connectivity index (χ4v) is 1.67. The van der Waals surface area contributed by atoms with E-state index in [2.05, 4.69) is 58.6 Å². The van der Waals surface area contributed by atoms with Gasteiger partial charge in [0.2, 0.25) is 0 Å². The molecule has 0 radical (unpaired) electrons. The van der Waals surface area contributed by atoms with E-state index in [1.54, 1.807) is 0 Å². The lowest BCUT2D eigenvalue weighted by Gasteiger charge is -2.15. The number of aromatic nitrogens is 2. The van der Waals surface area contributed by atoms with Gasteiger partial charge >= 0.3 is 0 Å². The summed E-state index contributed by atoms with van der Waals surface area (Å²) in [5.41, 5.74) is 2.20. The van der Waals surface area contributed by atoms with Crippen LogP contribution in [-0.4, -0.2) is 16.0 Å². The van der Waals surface area contributed by atoms with Crippen molar-refractivity contribution < 1.29 is 0 Å². The second-order valence-electron chi connectivity index (χ2n) is 3.51. The average Bonchev–Trinajstić information content (AvgIpc) is 2.13. The van der Waals surface area contributed by atoms with Crippen molar-refractivity contribution in [3.8, 4) is 0 Å². The van der Waals surface area contributed by atoms with E-state index in [0.29, 0.717) is 6.04 Å². The summed E-state index contributed by atoms with van der Waals surface area (Å²) in [6, 6.07) is 0.457. The second-order valence-corrected chi connectivity index (χ2v) is 4.47. The normalized spacial score (nSPS) is 12.6. The molecule has 0 bridgehead atoms. The number of nitrogens with zero attached hydrogens (tertiary/aromatic N) is 2. The van der Waals surface area contributed by atoms with E-state index in [4.69, 9.17) is 0 Å². The third-order valence-electron chi connectivity index (χ3n) is 2.36. The van der Waals surface area contributed by atoms with E-state index in [0.717, 1.165) is 27.3 Å². The summed E-state index contributed by atoms with van der Waals surface area (Å²) >= 11 is 2.14. The molecular weight excluding hydrogens is 289 g/mol. The third kappa shape index (κ3) is 2.80. The first-order valence-corrected chi connectivity index (χ1v) is 5.89. The molecular formula is C10H16IN3. The number of aryl methyl sites for hydroxylation is 1. The van der Waals surface area contributed by atoms with Gasteiger partial charge in [-0.15, -0.1) is 0 Å². The molecule has 0 spiro atoms. The molecule has 0 aliphatic rings. The molecule has 1 heterocycles. The summed E-state index contributed by atoms with van der Waals surface area (Å²) in [5.74, 6) is 0.969. The molecule has 1 atom stereocenters. The molecule has 0 fully saturated rings. The van der Waals surface area contributed by atoms with Gasteiger partial charge in [0.15, 0.2) is 3.83 Å². The molecule has 4 heteroatoms. The van der Waals surface area contributed by atoms with Crippen LogP contribution in [0, 0.1) is 17.7 Å². The fourth-order valence-electron chi connectivity index (χ4n) is 1.07. The summed E-state index contributed by atoms with van der Waals surface area (Å²) in [7, 11) is 0. The number of hydrogen-bond donors (Lipinski definition) is 1.